The van der Waals surface area contributed by atoms with Gasteiger partial charge in [0.25, 0.3) is 5.91 Å². The summed E-state index contributed by atoms with van der Waals surface area (Å²) in [6.45, 7) is 2.55. The highest BCUT2D eigenvalue weighted by Crippen LogP contribution is 2.23. The molecule has 2 heterocycles. The van der Waals surface area contributed by atoms with Gasteiger partial charge in [-0.25, -0.2) is 4.98 Å². The van der Waals surface area contributed by atoms with E-state index >= 15 is 0 Å². The topological polar surface area (TPSA) is 78.3 Å². The number of carbonyl (C=O) groups excluding carboxylic acids is 1. The van der Waals surface area contributed by atoms with E-state index < -0.39 is 0 Å². The van der Waals surface area contributed by atoms with Crippen LogP contribution < -0.4 is 14.8 Å². The van der Waals surface area contributed by atoms with Crippen LogP contribution in [0.1, 0.15) is 21.7 Å². The lowest BCUT2D eigenvalue weighted by Crippen LogP contribution is -2.16. The summed E-state index contributed by atoms with van der Waals surface area (Å²) in [5.41, 5.74) is 2.03. The number of carbonyl (C=O) groups is 1. The second-order valence-electron chi connectivity index (χ2n) is 5.62. The first-order valence-electron chi connectivity index (χ1n) is 8.08. The van der Waals surface area contributed by atoms with Gasteiger partial charge in [-0.05, 0) is 24.6 Å². The molecule has 0 aliphatic rings. The fraction of sp³-hybridized carbons (Fsp3) is 0.211. The Morgan fingerprint density at radius 3 is 2.65 bits per heavy atom. The molecule has 0 spiro atoms. The Labute approximate surface area is 151 Å². The highest BCUT2D eigenvalue weighted by atomic mass is 16.5. The zero-order valence-electron chi connectivity index (χ0n) is 14.9. The van der Waals surface area contributed by atoms with Gasteiger partial charge in [0.15, 0.2) is 0 Å². The third-order valence-electron chi connectivity index (χ3n) is 4.01. The summed E-state index contributed by atoms with van der Waals surface area (Å²) in [5.74, 6) is 1.21. The number of amides is 1. The lowest BCUT2D eigenvalue weighted by molar-refractivity contribution is 0.102. The Morgan fingerprint density at radius 2 is 1.96 bits per heavy atom. The number of ether oxygens (including phenoxy) is 2. The molecule has 0 aliphatic carbocycles. The third-order valence-corrected chi connectivity index (χ3v) is 4.01. The summed E-state index contributed by atoms with van der Waals surface area (Å²) in [5, 5.41) is 2.94. The van der Waals surface area contributed by atoms with E-state index in [9.17, 15) is 4.79 Å². The molecule has 134 valence electrons. The molecule has 1 N–H and O–H groups in total. The summed E-state index contributed by atoms with van der Waals surface area (Å²) in [7, 11) is 2.98. The minimum atomic E-state index is -0.299. The van der Waals surface area contributed by atoms with Gasteiger partial charge in [-0.1, -0.05) is 18.2 Å². The maximum atomic E-state index is 12.7. The van der Waals surface area contributed by atoms with Gasteiger partial charge in [-0.15, -0.1) is 0 Å². The number of rotatable bonds is 6. The molecule has 3 rings (SSSR count). The van der Waals surface area contributed by atoms with Crippen LogP contribution in [0.15, 0.2) is 48.8 Å². The van der Waals surface area contributed by atoms with Crippen molar-refractivity contribution in [3.05, 3.63) is 65.7 Å². The molecular formula is C19H20N4O3. The molecule has 0 unspecified atom stereocenters. The quantitative estimate of drug-likeness (QED) is 0.738. The van der Waals surface area contributed by atoms with Crippen LogP contribution in [0, 0.1) is 6.92 Å². The summed E-state index contributed by atoms with van der Waals surface area (Å²) >= 11 is 0. The predicted molar refractivity (Wildman–Crippen MR) is 97.8 cm³/mol. The van der Waals surface area contributed by atoms with Gasteiger partial charge in [0.1, 0.15) is 11.4 Å². The maximum Gasteiger partial charge on any atom is 0.261 e. The van der Waals surface area contributed by atoms with Crippen LogP contribution in [-0.4, -0.2) is 34.7 Å². The number of para-hydroxylation sites is 1. The van der Waals surface area contributed by atoms with Gasteiger partial charge in [0.05, 0.1) is 20.8 Å². The van der Waals surface area contributed by atoms with Crippen molar-refractivity contribution in [1.29, 1.82) is 0 Å². The molecule has 0 fully saturated rings. The van der Waals surface area contributed by atoms with Gasteiger partial charge in [0, 0.05) is 24.1 Å². The molecule has 0 aliphatic heterocycles. The molecule has 0 radical (unpaired) electrons. The van der Waals surface area contributed by atoms with Gasteiger partial charge in [-0.2, -0.15) is 4.98 Å². The molecule has 3 aromatic rings. The van der Waals surface area contributed by atoms with Crippen molar-refractivity contribution in [3.63, 3.8) is 0 Å². The first kappa shape index (κ1) is 17.5. The zero-order valence-corrected chi connectivity index (χ0v) is 14.9. The number of methoxy groups -OCH3 is 2. The summed E-state index contributed by atoms with van der Waals surface area (Å²) < 4.78 is 12.3. The molecule has 0 saturated heterocycles. The van der Waals surface area contributed by atoms with E-state index in [1.54, 1.807) is 18.3 Å². The number of aryl methyl sites for hydroxylation is 1. The van der Waals surface area contributed by atoms with E-state index in [0.717, 1.165) is 17.1 Å². The molecule has 0 saturated carbocycles. The number of nitrogens with zero attached hydrogens (tertiary/aromatic N) is 3. The number of anilines is 1. The SMILES string of the molecule is COc1ccc(C(=O)Nc2ccccc2Cn2ccnc2C)c(OC)n1. The maximum absolute atomic E-state index is 12.7. The van der Waals surface area contributed by atoms with Crippen LogP contribution in [0.25, 0.3) is 0 Å². The van der Waals surface area contributed by atoms with E-state index in [1.165, 1.54) is 14.2 Å². The van der Waals surface area contributed by atoms with Crippen molar-refractivity contribution in [1.82, 2.24) is 14.5 Å². The normalized spacial score (nSPS) is 10.4. The molecule has 7 heteroatoms. The smallest absolute Gasteiger partial charge is 0.261 e. The molecule has 1 amide bonds. The van der Waals surface area contributed by atoms with E-state index in [-0.39, 0.29) is 11.8 Å². The van der Waals surface area contributed by atoms with Crippen LogP contribution in [0.5, 0.6) is 11.8 Å². The van der Waals surface area contributed by atoms with Crippen molar-refractivity contribution >= 4 is 11.6 Å². The van der Waals surface area contributed by atoms with Gasteiger partial charge < -0.3 is 19.4 Å². The zero-order chi connectivity index (χ0) is 18.5. The van der Waals surface area contributed by atoms with Crippen molar-refractivity contribution in [3.8, 4) is 11.8 Å². The van der Waals surface area contributed by atoms with Crippen LogP contribution in [0.4, 0.5) is 5.69 Å². The fourth-order valence-electron chi connectivity index (χ4n) is 2.59. The molecule has 7 nitrogen and oxygen atoms in total. The van der Waals surface area contributed by atoms with Crippen LogP contribution in [-0.2, 0) is 6.54 Å². The number of hydrogen-bond acceptors (Lipinski definition) is 5. The minimum absolute atomic E-state index is 0.213. The first-order valence-corrected chi connectivity index (χ1v) is 8.08. The molecule has 2 aromatic heterocycles. The largest absolute Gasteiger partial charge is 0.481 e. The van der Waals surface area contributed by atoms with Gasteiger partial charge in [0.2, 0.25) is 11.8 Å². The molecule has 0 atom stereocenters. The van der Waals surface area contributed by atoms with Crippen molar-refractivity contribution < 1.29 is 14.3 Å². The number of nitrogens with one attached hydrogen (secondary N) is 1. The predicted octanol–water partition coefficient (Wildman–Crippen LogP) is 2.90. The minimum Gasteiger partial charge on any atom is -0.481 e. The number of aromatic nitrogens is 3. The van der Waals surface area contributed by atoms with Gasteiger partial charge in [-0.3, -0.25) is 4.79 Å². The molecular weight excluding hydrogens is 332 g/mol. The lowest BCUT2D eigenvalue weighted by atomic mass is 10.1. The molecule has 26 heavy (non-hydrogen) atoms. The number of pyridine rings is 1. The average molecular weight is 352 g/mol. The Kier molecular flexibility index (Phi) is 5.17. The Hall–Kier alpha value is -3.35. The van der Waals surface area contributed by atoms with Crippen molar-refractivity contribution in [2.75, 3.05) is 19.5 Å². The Bertz CT molecular complexity index is 921. The Balaban J connectivity index is 1.85. The Morgan fingerprint density at radius 1 is 1.15 bits per heavy atom. The summed E-state index contributed by atoms with van der Waals surface area (Å²) in [4.78, 5) is 21.1. The molecule has 1 aromatic carbocycles. The van der Waals surface area contributed by atoms with E-state index in [4.69, 9.17) is 9.47 Å². The highest BCUT2D eigenvalue weighted by molar-refractivity contribution is 6.06. The second-order valence-corrected chi connectivity index (χ2v) is 5.62. The second kappa shape index (κ2) is 7.69. The van der Waals surface area contributed by atoms with Crippen LogP contribution >= 0.6 is 0 Å². The van der Waals surface area contributed by atoms with Gasteiger partial charge >= 0.3 is 0 Å². The van der Waals surface area contributed by atoms with Crippen LogP contribution in [0.2, 0.25) is 0 Å². The van der Waals surface area contributed by atoms with E-state index in [2.05, 4.69) is 15.3 Å². The highest BCUT2D eigenvalue weighted by Gasteiger charge is 2.16. The summed E-state index contributed by atoms with van der Waals surface area (Å²) in [6, 6.07) is 10.9. The standard InChI is InChI=1S/C19H20N4O3/c1-13-20-10-11-23(13)12-14-6-4-5-7-16(14)21-18(24)15-8-9-17(25-2)22-19(15)26-3/h4-11H,12H2,1-3H3,(H,21,24). The van der Waals surface area contributed by atoms with E-state index in [0.29, 0.717) is 18.0 Å². The average Bonchev–Trinajstić information content (AvgIpc) is 3.07. The van der Waals surface area contributed by atoms with Crippen molar-refractivity contribution in [2.45, 2.75) is 13.5 Å². The number of imidazole rings is 1. The third kappa shape index (κ3) is 3.66. The van der Waals surface area contributed by atoms with E-state index in [1.807, 2.05) is 42.0 Å². The number of hydrogen-bond donors (Lipinski definition) is 1. The summed E-state index contributed by atoms with van der Waals surface area (Å²) in [6.07, 6.45) is 3.66. The van der Waals surface area contributed by atoms with Crippen LogP contribution in [0.3, 0.4) is 0 Å². The van der Waals surface area contributed by atoms with Crippen molar-refractivity contribution in [2.24, 2.45) is 0 Å². The first-order chi connectivity index (χ1) is 12.6. The fourth-order valence-corrected chi connectivity index (χ4v) is 2.59. The monoisotopic (exact) mass is 352 g/mol. The number of benzene rings is 1. The lowest BCUT2D eigenvalue weighted by Gasteiger charge is -2.14. The molecule has 0 bridgehead atoms.